The fourth-order valence-electron chi connectivity index (χ4n) is 1.63. The summed E-state index contributed by atoms with van der Waals surface area (Å²) in [5.41, 5.74) is 5.72. The third-order valence-electron chi connectivity index (χ3n) is 2.49. The molecule has 2 heteroatoms. The van der Waals surface area contributed by atoms with Crippen LogP contribution in [-0.2, 0) is 0 Å². The smallest absolute Gasteiger partial charge is 0.0218 e. The Morgan fingerprint density at radius 1 is 1.17 bits per heavy atom. The molecule has 1 atom stereocenters. The maximum Gasteiger partial charge on any atom is 0.0218 e. The molecule has 0 amide bonds. The van der Waals surface area contributed by atoms with Crippen molar-refractivity contribution in [2.75, 3.05) is 19.6 Å². The molecule has 2 N–H and O–H groups in total. The van der Waals surface area contributed by atoms with Gasteiger partial charge in [0.05, 0.1) is 0 Å². The van der Waals surface area contributed by atoms with Gasteiger partial charge in [-0.05, 0) is 19.5 Å². The topological polar surface area (TPSA) is 29.3 Å². The zero-order chi connectivity index (χ0) is 9.40. The summed E-state index contributed by atoms with van der Waals surface area (Å²) in [6, 6.07) is 0.611. The van der Waals surface area contributed by atoms with Crippen molar-refractivity contribution in [3.63, 3.8) is 0 Å². The largest absolute Gasteiger partial charge is 0.329 e. The molecule has 0 rings (SSSR count). The van der Waals surface area contributed by atoms with Crippen LogP contribution in [0.15, 0.2) is 0 Å². The van der Waals surface area contributed by atoms with Crippen LogP contribution in [-0.4, -0.2) is 30.6 Å². The number of unbranched alkanes of at least 4 members (excludes halogenated alkanes) is 1. The van der Waals surface area contributed by atoms with Gasteiger partial charge >= 0.3 is 0 Å². The summed E-state index contributed by atoms with van der Waals surface area (Å²) >= 11 is 0. The number of hydrogen-bond donors (Lipinski definition) is 1. The molecule has 1 unspecified atom stereocenters. The summed E-state index contributed by atoms with van der Waals surface area (Å²) in [7, 11) is 0. The Morgan fingerprint density at radius 3 is 2.08 bits per heavy atom. The van der Waals surface area contributed by atoms with Gasteiger partial charge < -0.3 is 5.73 Å². The Labute approximate surface area is 77.1 Å². The molecule has 12 heavy (non-hydrogen) atoms. The van der Waals surface area contributed by atoms with Crippen LogP contribution in [0.4, 0.5) is 0 Å². The first-order valence-corrected chi connectivity index (χ1v) is 5.24. The SMILES string of the molecule is CCCCC(CN)N(CC)CC. The number of hydrogen-bond acceptors (Lipinski definition) is 2. The number of nitrogens with two attached hydrogens (primary N) is 1. The van der Waals surface area contributed by atoms with Crippen molar-refractivity contribution >= 4 is 0 Å². The lowest BCUT2D eigenvalue weighted by Crippen LogP contribution is -2.40. The molecular weight excluding hydrogens is 148 g/mol. The first-order chi connectivity index (χ1) is 5.79. The van der Waals surface area contributed by atoms with Crippen LogP contribution < -0.4 is 5.73 Å². The van der Waals surface area contributed by atoms with E-state index >= 15 is 0 Å². The van der Waals surface area contributed by atoms with Crippen LogP contribution in [0.1, 0.15) is 40.0 Å². The molecule has 0 aromatic heterocycles. The van der Waals surface area contributed by atoms with Gasteiger partial charge in [-0.1, -0.05) is 33.6 Å². The van der Waals surface area contributed by atoms with E-state index in [2.05, 4.69) is 25.7 Å². The molecule has 0 bridgehead atoms. The van der Waals surface area contributed by atoms with Gasteiger partial charge in [-0.25, -0.2) is 0 Å². The van der Waals surface area contributed by atoms with Crippen molar-refractivity contribution in [1.82, 2.24) is 4.90 Å². The molecule has 0 aliphatic carbocycles. The van der Waals surface area contributed by atoms with E-state index in [1.165, 1.54) is 19.3 Å². The normalized spacial score (nSPS) is 13.8. The van der Waals surface area contributed by atoms with E-state index in [1.54, 1.807) is 0 Å². The highest BCUT2D eigenvalue weighted by Gasteiger charge is 2.12. The molecule has 0 saturated carbocycles. The van der Waals surface area contributed by atoms with Gasteiger partial charge in [0.25, 0.3) is 0 Å². The maximum absolute atomic E-state index is 5.72. The van der Waals surface area contributed by atoms with Gasteiger partial charge in [0.2, 0.25) is 0 Å². The lowest BCUT2D eigenvalue weighted by molar-refractivity contribution is 0.208. The van der Waals surface area contributed by atoms with E-state index in [-0.39, 0.29) is 0 Å². The number of likely N-dealkylation sites (N-methyl/N-ethyl adjacent to an activating group) is 1. The maximum atomic E-state index is 5.72. The van der Waals surface area contributed by atoms with Gasteiger partial charge in [0, 0.05) is 12.6 Å². The van der Waals surface area contributed by atoms with Crippen LogP contribution in [0.2, 0.25) is 0 Å². The molecule has 0 aliphatic rings. The summed E-state index contributed by atoms with van der Waals surface area (Å²) in [5.74, 6) is 0. The summed E-state index contributed by atoms with van der Waals surface area (Å²) < 4.78 is 0. The summed E-state index contributed by atoms with van der Waals surface area (Å²) in [6.07, 6.45) is 3.84. The lowest BCUT2D eigenvalue weighted by atomic mass is 10.1. The van der Waals surface area contributed by atoms with E-state index in [4.69, 9.17) is 5.73 Å². The Hall–Kier alpha value is -0.0800. The highest BCUT2D eigenvalue weighted by atomic mass is 15.1. The van der Waals surface area contributed by atoms with Crippen molar-refractivity contribution in [3.05, 3.63) is 0 Å². The minimum atomic E-state index is 0.611. The number of nitrogens with zero attached hydrogens (tertiary/aromatic N) is 1. The van der Waals surface area contributed by atoms with E-state index in [1.807, 2.05) is 0 Å². The van der Waals surface area contributed by atoms with Crippen molar-refractivity contribution < 1.29 is 0 Å². The molecule has 2 nitrogen and oxygen atoms in total. The van der Waals surface area contributed by atoms with Gasteiger partial charge in [0.15, 0.2) is 0 Å². The Balaban J connectivity index is 3.75. The zero-order valence-electron chi connectivity index (χ0n) is 8.84. The zero-order valence-corrected chi connectivity index (χ0v) is 8.84. The van der Waals surface area contributed by atoms with Crippen LogP contribution >= 0.6 is 0 Å². The average Bonchev–Trinajstić information content (AvgIpc) is 2.12. The minimum Gasteiger partial charge on any atom is -0.329 e. The fraction of sp³-hybridized carbons (Fsp3) is 1.00. The first kappa shape index (κ1) is 11.9. The van der Waals surface area contributed by atoms with Crippen molar-refractivity contribution in [1.29, 1.82) is 0 Å². The van der Waals surface area contributed by atoms with Crippen LogP contribution in [0.5, 0.6) is 0 Å². The van der Waals surface area contributed by atoms with Crippen molar-refractivity contribution in [2.24, 2.45) is 5.73 Å². The molecular formula is C10H24N2. The Morgan fingerprint density at radius 2 is 1.75 bits per heavy atom. The van der Waals surface area contributed by atoms with E-state index in [0.717, 1.165) is 19.6 Å². The highest BCUT2D eigenvalue weighted by Crippen LogP contribution is 2.06. The van der Waals surface area contributed by atoms with Crippen LogP contribution in [0.25, 0.3) is 0 Å². The molecule has 74 valence electrons. The number of rotatable bonds is 7. The average molecular weight is 172 g/mol. The first-order valence-electron chi connectivity index (χ1n) is 5.24. The molecule has 0 fully saturated rings. The molecule has 0 heterocycles. The van der Waals surface area contributed by atoms with Crippen LogP contribution in [0, 0.1) is 0 Å². The third kappa shape index (κ3) is 4.07. The summed E-state index contributed by atoms with van der Waals surface area (Å²) in [5, 5.41) is 0. The Kier molecular flexibility index (Phi) is 7.51. The predicted octanol–water partition coefficient (Wildman–Crippen LogP) is 1.85. The van der Waals surface area contributed by atoms with Crippen LogP contribution in [0.3, 0.4) is 0 Å². The van der Waals surface area contributed by atoms with Gasteiger partial charge in [-0.3, -0.25) is 4.90 Å². The summed E-state index contributed by atoms with van der Waals surface area (Å²) in [4.78, 5) is 2.45. The third-order valence-corrected chi connectivity index (χ3v) is 2.49. The predicted molar refractivity (Wildman–Crippen MR) is 55.3 cm³/mol. The van der Waals surface area contributed by atoms with Crippen molar-refractivity contribution in [3.8, 4) is 0 Å². The quantitative estimate of drug-likeness (QED) is 0.635. The lowest BCUT2D eigenvalue weighted by Gasteiger charge is -2.28. The van der Waals surface area contributed by atoms with Crippen molar-refractivity contribution in [2.45, 2.75) is 46.1 Å². The second kappa shape index (κ2) is 7.56. The molecule has 0 aromatic carbocycles. The second-order valence-corrected chi connectivity index (χ2v) is 3.25. The van der Waals surface area contributed by atoms with E-state index in [0.29, 0.717) is 6.04 Å². The van der Waals surface area contributed by atoms with Gasteiger partial charge in [-0.15, -0.1) is 0 Å². The standard InChI is InChI=1S/C10H24N2/c1-4-7-8-10(9-11)12(5-2)6-3/h10H,4-9,11H2,1-3H3. The highest BCUT2D eigenvalue weighted by molar-refractivity contribution is 4.70. The summed E-state index contributed by atoms with van der Waals surface area (Å²) in [6.45, 7) is 9.71. The Bertz CT molecular complexity index is 89.8. The molecule has 0 saturated heterocycles. The molecule has 0 radical (unpaired) electrons. The molecule has 0 spiro atoms. The monoisotopic (exact) mass is 172 g/mol. The van der Waals surface area contributed by atoms with Gasteiger partial charge in [-0.2, -0.15) is 0 Å². The van der Waals surface area contributed by atoms with E-state index in [9.17, 15) is 0 Å². The van der Waals surface area contributed by atoms with E-state index < -0.39 is 0 Å². The van der Waals surface area contributed by atoms with Gasteiger partial charge in [0.1, 0.15) is 0 Å². The fourth-order valence-corrected chi connectivity index (χ4v) is 1.63. The minimum absolute atomic E-state index is 0.611. The molecule has 0 aromatic rings. The molecule has 0 aliphatic heterocycles. The second-order valence-electron chi connectivity index (χ2n) is 3.25.